The highest BCUT2D eigenvalue weighted by molar-refractivity contribution is 7.91. The first-order valence-corrected chi connectivity index (χ1v) is 5.97. The molecule has 0 radical (unpaired) electrons. The summed E-state index contributed by atoms with van der Waals surface area (Å²) in [7, 11) is 0. The van der Waals surface area contributed by atoms with Crippen molar-refractivity contribution in [1.82, 2.24) is 4.98 Å². The first-order valence-electron chi connectivity index (χ1n) is 4.48. The van der Waals surface area contributed by atoms with Crippen molar-refractivity contribution in [3.8, 4) is 0 Å². The second-order valence-corrected chi connectivity index (χ2v) is 6.30. The van der Waals surface area contributed by atoms with Crippen molar-refractivity contribution in [2.24, 2.45) is 4.40 Å². The maximum atomic E-state index is 11.6. The highest BCUT2D eigenvalue weighted by Gasteiger charge is 2.25. The van der Waals surface area contributed by atoms with Gasteiger partial charge >= 0.3 is 0 Å². The van der Waals surface area contributed by atoms with Gasteiger partial charge in [0.25, 0.3) is 0 Å². The minimum atomic E-state index is -1.26. The molecule has 1 heterocycles. The molecule has 0 aliphatic rings. The Labute approximate surface area is 97.9 Å². The molecule has 15 heavy (non-hydrogen) atoms. The van der Waals surface area contributed by atoms with E-state index in [0.717, 1.165) is 0 Å². The van der Waals surface area contributed by atoms with E-state index in [0.29, 0.717) is 10.8 Å². The molecule has 1 rings (SSSR count). The zero-order valence-corrected chi connectivity index (χ0v) is 10.5. The van der Waals surface area contributed by atoms with E-state index in [1.54, 1.807) is 18.2 Å². The molecule has 0 fully saturated rings. The summed E-state index contributed by atoms with van der Waals surface area (Å²) in [6.07, 6.45) is 1.48. The SMILES string of the molecule is CC(C)(C)[S+]([O-])N=Cc1cccc(Cl)n1. The number of hydrogen-bond acceptors (Lipinski definition) is 3. The number of rotatable bonds is 2. The molecule has 1 unspecified atom stereocenters. The molecule has 0 saturated heterocycles. The van der Waals surface area contributed by atoms with Crippen molar-refractivity contribution in [3.05, 3.63) is 29.0 Å². The first kappa shape index (κ1) is 12.5. The lowest BCUT2D eigenvalue weighted by molar-refractivity contribution is 0.562. The van der Waals surface area contributed by atoms with Crippen LogP contribution in [-0.4, -0.2) is 20.5 Å². The van der Waals surface area contributed by atoms with Crippen molar-refractivity contribution < 1.29 is 4.55 Å². The van der Waals surface area contributed by atoms with Gasteiger partial charge in [-0.15, -0.1) is 0 Å². The fourth-order valence-corrected chi connectivity index (χ4v) is 1.45. The van der Waals surface area contributed by atoms with E-state index in [2.05, 4.69) is 9.38 Å². The molecule has 5 heteroatoms. The van der Waals surface area contributed by atoms with E-state index in [9.17, 15) is 4.55 Å². The largest absolute Gasteiger partial charge is 0.591 e. The van der Waals surface area contributed by atoms with Crippen molar-refractivity contribution in [1.29, 1.82) is 0 Å². The minimum absolute atomic E-state index is 0.352. The van der Waals surface area contributed by atoms with Crippen LogP contribution >= 0.6 is 11.6 Å². The van der Waals surface area contributed by atoms with Crippen LogP contribution in [0.3, 0.4) is 0 Å². The van der Waals surface area contributed by atoms with Gasteiger partial charge in [0.15, 0.2) is 0 Å². The summed E-state index contributed by atoms with van der Waals surface area (Å²) in [6.45, 7) is 5.60. The van der Waals surface area contributed by atoms with Gasteiger partial charge in [-0.2, -0.15) is 0 Å². The van der Waals surface area contributed by atoms with Crippen LogP contribution in [-0.2, 0) is 11.4 Å². The van der Waals surface area contributed by atoms with E-state index in [1.807, 2.05) is 20.8 Å². The van der Waals surface area contributed by atoms with Gasteiger partial charge in [-0.3, -0.25) is 0 Å². The minimum Gasteiger partial charge on any atom is -0.591 e. The van der Waals surface area contributed by atoms with E-state index in [1.165, 1.54) is 6.21 Å². The molecule has 0 amide bonds. The number of halogens is 1. The Bertz CT molecular complexity index is 363. The highest BCUT2D eigenvalue weighted by atomic mass is 35.5. The molecule has 0 spiro atoms. The molecule has 1 atom stereocenters. The van der Waals surface area contributed by atoms with Crippen molar-refractivity contribution in [2.45, 2.75) is 25.5 Å². The van der Waals surface area contributed by atoms with Crippen LogP contribution in [0.1, 0.15) is 26.5 Å². The Kier molecular flexibility index (Phi) is 4.13. The smallest absolute Gasteiger partial charge is 0.144 e. The van der Waals surface area contributed by atoms with Gasteiger partial charge in [0.05, 0.1) is 5.69 Å². The molecule has 3 nitrogen and oxygen atoms in total. The Morgan fingerprint density at radius 2 is 2.13 bits per heavy atom. The molecule has 82 valence electrons. The second-order valence-electron chi connectivity index (χ2n) is 3.98. The van der Waals surface area contributed by atoms with Crippen LogP contribution in [0.25, 0.3) is 0 Å². The zero-order chi connectivity index (χ0) is 11.5. The molecule has 1 aromatic heterocycles. The van der Waals surface area contributed by atoms with Crippen LogP contribution in [0, 0.1) is 0 Å². The fraction of sp³-hybridized carbons (Fsp3) is 0.400. The van der Waals surface area contributed by atoms with Crippen molar-refractivity contribution in [3.63, 3.8) is 0 Å². The number of pyridine rings is 1. The predicted molar refractivity (Wildman–Crippen MR) is 64.7 cm³/mol. The van der Waals surface area contributed by atoms with Gasteiger partial charge in [0.1, 0.15) is 27.5 Å². The van der Waals surface area contributed by atoms with E-state index in [-0.39, 0.29) is 4.75 Å². The maximum Gasteiger partial charge on any atom is 0.144 e. The molecule has 0 bridgehead atoms. The summed E-state index contributed by atoms with van der Waals surface area (Å²) in [6, 6.07) is 5.21. The van der Waals surface area contributed by atoms with E-state index in [4.69, 9.17) is 11.6 Å². The summed E-state index contributed by atoms with van der Waals surface area (Å²) < 4.78 is 15.2. The van der Waals surface area contributed by atoms with Crippen molar-refractivity contribution in [2.75, 3.05) is 0 Å². The normalized spacial score (nSPS) is 14.5. The van der Waals surface area contributed by atoms with Gasteiger partial charge < -0.3 is 4.55 Å². The predicted octanol–water partition coefficient (Wildman–Crippen LogP) is 2.62. The summed E-state index contributed by atoms with van der Waals surface area (Å²) >= 11 is 4.44. The van der Waals surface area contributed by atoms with Crippen LogP contribution in [0.5, 0.6) is 0 Å². The zero-order valence-electron chi connectivity index (χ0n) is 8.90. The molecule has 0 saturated carbocycles. The molecule has 1 aromatic rings. The quantitative estimate of drug-likeness (QED) is 0.456. The summed E-state index contributed by atoms with van der Waals surface area (Å²) in [4.78, 5) is 4.01. The summed E-state index contributed by atoms with van der Waals surface area (Å²) in [5.41, 5.74) is 0.611. The van der Waals surface area contributed by atoms with Gasteiger partial charge in [-0.05, 0) is 32.9 Å². The molecular formula is C10H13ClN2OS. The molecule has 0 N–H and O–H groups in total. The molecule has 0 aliphatic carbocycles. The third-order valence-corrected chi connectivity index (χ3v) is 3.10. The van der Waals surface area contributed by atoms with Gasteiger partial charge in [-0.25, -0.2) is 4.98 Å². The lowest BCUT2D eigenvalue weighted by Gasteiger charge is -2.17. The average Bonchev–Trinajstić information content (AvgIpc) is 2.12. The number of aromatic nitrogens is 1. The van der Waals surface area contributed by atoms with Gasteiger partial charge in [0, 0.05) is 0 Å². The van der Waals surface area contributed by atoms with Gasteiger partial charge in [-0.1, -0.05) is 22.1 Å². The first-order chi connectivity index (χ1) is 6.89. The van der Waals surface area contributed by atoms with Crippen LogP contribution in [0.15, 0.2) is 22.6 Å². The van der Waals surface area contributed by atoms with Crippen LogP contribution < -0.4 is 0 Å². The van der Waals surface area contributed by atoms with E-state index < -0.39 is 11.4 Å². The van der Waals surface area contributed by atoms with Gasteiger partial charge in [0.2, 0.25) is 0 Å². The maximum absolute atomic E-state index is 11.6. The Balaban J connectivity index is 2.74. The number of nitrogens with zero attached hydrogens (tertiary/aromatic N) is 2. The van der Waals surface area contributed by atoms with Crippen LogP contribution in [0.2, 0.25) is 5.15 Å². The molecular weight excluding hydrogens is 232 g/mol. The summed E-state index contributed by atoms with van der Waals surface area (Å²) in [5, 5.41) is 0.403. The Morgan fingerprint density at radius 3 is 2.67 bits per heavy atom. The fourth-order valence-electron chi connectivity index (χ4n) is 0.756. The monoisotopic (exact) mass is 244 g/mol. The third kappa shape index (κ3) is 4.20. The third-order valence-electron chi connectivity index (χ3n) is 1.54. The molecule has 0 aromatic carbocycles. The van der Waals surface area contributed by atoms with Crippen molar-refractivity contribution >= 4 is 29.2 Å². The van der Waals surface area contributed by atoms with Crippen LogP contribution in [0.4, 0.5) is 0 Å². The summed E-state index contributed by atoms with van der Waals surface area (Å²) in [5.74, 6) is 0. The van der Waals surface area contributed by atoms with E-state index >= 15 is 0 Å². The number of hydrogen-bond donors (Lipinski definition) is 0. The second kappa shape index (κ2) is 4.96. The Morgan fingerprint density at radius 1 is 1.47 bits per heavy atom. The highest BCUT2D eigenvalue weighted by Crippen LogP contribution is 2.16. The molecule has 0 aliphatic heterocycles. The average molecular weight is 245 g/mol. The lowest BCUT2D eigenvalue weighted by atomic mass is 10.3. The standard InChI is InChI=1S/C10H13ClN2OS/c1-10(2,3)15(14)12-7-8-5-4-6-9(11)13-8/h4-7H,1-3H3. The topological polar surface area (TPSA) is 48.3 Å². The lowest BCUT2D eigenvalue weighted by Crippen LogP contribution is -2.25. The Hall–Kier alpha value is -0.580.